The fourth-order valence-corrected chi connectivity index (χ4v) is 7.32. The number of hydrogen-bond acceptors (Lipinski definition) is 7. The number of benzene rings is 3. The molecule has 9 nitrogen and oxygen atoms in total. The molecule has 2 unspecified atom stereocenters. The maximum absolute atomic E-state index is 13.5. The van der Waals surface area contributed by atoms with Gasteiger partial charge in [0.15, 0.2) is 0 Å². The fraction of sp³-hybridized carbons (Fsp3) is 0.433. The molecule has 3 aromatic rings. The Bertz CT molecular complexity index is 1480. The van der Waals surface area contributed by atoms with Gasteiger partial charge in [0.25, 0.3) is 0 Å². The first-order chi connectivity index (χ1) is 19.2. The number of nitrogens with one attached hydrogen (secondary N) is 2. The molecule has 5 rings (SSSR count). The van der Waals surface area contributed by atoms with Gasteiger partial charge in [-0.2, -0.15) is 4.72 Å². The van der Waals surface area contributed by atoms with Crippen LogP contribution in [0.15, 0.2) is 59.5 Å². The lowest BCUT2D eigenvalue weighted by Crippen LogP contribution is -2.57. The lowest BCUT2D eigenvalue weighted by molar-refractivity contribution is -0.0309. The van der Waals surface area contributed by atoms with E-state index < -0.39 is 16.1 Å². The van der Waals surface area contributed by atoms with Gasteiger partial charge in [0.05, 0.1) is 24.4 Å². The van der Waals surface area contributed by atoms with E-state index in [1.807, 2.05) is 68.4 Å². The van der Waals surface area contributed by atoms with Crippen LogP contribution in [0.1, 0.15) is 37.7 Å². The molecule has 2 bridgehead atoms. The number of piperidine rings is 2. The summed E-state index contributed by atoms with van der Waals surface area (Å²) in [5, 5.41) is 4.41. The van der Waals surface area contributed by atoms with Gasteiger partial charge in [-0.1, -0.05) is 36.8 Å². The van der Waals surface area contributed by atoms with E-state index in [0.29, 0.717) is 29.7 Å². The maximum atomic E-state index is 13.5. The fourth-order valence-electron chi connectivity index (χ4n) is 6.12. The molecule has 0 aromatic heterocycles. The third-order valence-electron chi connectivity index (χ3n) is 8.02. The van der Waals surface area contributed by atoms with Crippen molar-refractivity contribution >= 4 is 38.3 Å². The monoisotopic (exact) mass is 566 g/mol. The van der Waals surface area contributed by atoms with Crippen LogP contribution in [-0.2, 0) is 14.8 Å². The highest BCUT2D eigenvalue weighted by molar-refractivity contribution is 7.89. The summed E-state index contributed by atoms with van der Waals surface area (Å²) in [6.45, 7) is 2.17. The van der Waals surface area contributed by atoms with Gasteiger partial charge in [-0.25, -0.2) is 13.2 Å². The van der Waals surface area contributed by atoms with Gasteiger partial charge in [0.1, 0.15) is 11.9 Å². The Morgan fingerprint density at radius 3 is 2.42 bits per heavy atom. The third-order valence-corrected chi connectivity index (χ3v) is 9.46. The summed E-state index contributed by atoms with van der Waals surface area (Å²) in [7, 11) is 1.70. The number of carbonyl (C=O) groups excluding carboxylic acids is 1. The van der Waals surface area contributed by atoms with Crippen LogP contribution >= 0.6 is 0 Å². The van der Waals surface area contributed by atoms with Crippen LogP contribution < -0.4 is 19.7 Å². The second-order valence-corrected chi connectivity index (χ2v) is 12.6. The average Bonchev–Trinajstić information content (AvgIpc) is 2.91. The predicted molar refractivity (Wildman–Crippen MR) is 158 cm³/mol. The van der Waals surface area contributed by atoms with Crippen molar-refractivity contribution in [1.82, 2.24) is 9.62 Å². The van der Waals surface area contributed by atoms with Gasteiger partial charge in [0, 0.05) is 55.5 Å². The molecule has 2 fully saturated rings. The second-order valence-electron chi connectivity index (χ2n) is 10.9. The molecule has 0 spiro atoms. The number of hydrogen-bond donors (Lipinski definition) is 2. The van der Waals surface area contributed by atoms with Crippen molar-refractivity contribution in [2.45, 2.75) is 62.1 Å². The number of aryl methyl sites for hydroxylation is 1. The van der Waals surface area contributed by atoms with Gasteiger partial charge in [-0.15, -0.1) is 0 Å². The van der Waals surface area contributed by atoms with Gasteiger partial charge >= 0.3 is 6.09 Å². The zero-order chi connectivity index (χ0) is 28.4. The summed E-state index contributed by atoms with van der Waals surface area (Å²) in [5.41, 5.74) is 2.55. The number of fused-ring (bicyclic) bond motifs is 3. The van der Waals surface area contributed by atoms with Crippen molar-refractivity contribution in [3.8, 4) is 5.75 Å². The van der Waals surface area contributed by atoms with E-state index >= 15 is 0 Å². The summed E-state index contributed by atoms with van der Waals surface area (Å²) in [6, 6.07) is 17.0. The molecule has 214 valence electrons. The summed E-state index contributed by atoms with van der Waals surface area (Å²) in [5.74, 6) is 0.575. The highest BCUT2D eigenvalue weighted by Gasteiger charge is 2.40. The van der Waals surface area contributed by atoms with Gasteiger partial charge in [-0.05, 0) is 49.6 Å². The van der Waals surface area contributed by atoms with E-state index in [1.54, 1.807) is 19.2 Å². The zero-order valence-corrected chi connectivity index (χ0v) is 24.3. The van der Waals surface area contributed by atoms with E-state index in [0.717, 1.165) is 35.9 Å². The minimum absolute atomic E-state index is 0.134. The largest absolute Gasteiger partial charge is 0.495 e. The van der Waals surface area contributed by atoms with E-state index in [2.05, 4.69) is 14.9 Å². The highest BCUT2D eigenvalue weighted by atomic mass is 32.2. The van der Waals surface area contributed by atoms with Crippen LogP contribution in [0.2, 0.25) is 0 Å². The Labute approximate surface area is 236 Å². The smallest absolute Gasteiger partial charge is 0.412 e. The molecule has 10 heteroatoms. The van der Waals surface area contributed by atoms with Crippen molar-refractivity contribution in [1.29, 1.82) is 0 Å². The third kappa shape index (κ3) is 5.89. The van der Waals surface area contributed by atoms with Crippen LogP contribution in [0.25, 0.3) is 10.8 Å². The molecule has 2 atom stereocenters. The van der Waals surface area contributed by atoms with E-state index in [-0.39, 0.29) is 29.8 Å². The van der Waals surface area contributed by atoms with Crippen LogP contribution in [0, 0.1) is 6.92 Å². The number of carbonyl (C=O) groups is 1. The Morgan fingerprint density at radius 1 is 1.02 bits per heavy atom. The Hall–Kier alpha value is -3.34. The molecule has 2 aliphatic heterocycles. The quantitative estimate of drug-likeness (QED) is 0.392. The molecule has 3 aromatic carbocycles. The zero-order valence-electron chi connectivity index (χ0n) is 23.5. The molecule has 0 radical (unpaired) electrons. The Morgan fingerprint density at radius 2 is 1.73 bits per heavy atom. The van der Waals surface area contributed by atoms with Gasteiger partial charge < -0.3 is 14.4 Å². The number of anilines is 2. The van der Waals surface area contributed by atoms with Crippen molar-refractivity contribution in [2.75, 3.05) is 38.1 Å². The van der Waals surface area contributed by atoms with Gasteiger partial charge in [-0.3, -0.25) is 10.2 Å². The van der Waals surface area contributed by atoms with Crippen LogP contribution in [0.5, 0.6) is 5.75 Å². The molecule has 0 aliphatic carbocycles. The van der Waals surface area contributed by atoms with Crippen molar-refractivity contribution in [3.63, 3.8) is 0 Å². The lowest BCUT2D eigenvalue weighted by Gasteiger charge is -2.48. The Kier molecular flexibility index (Phi) is 8.21. The number of sulfonamides is 1. The minimum Gasteiger partial charge on any atom is -0.495 e. The number of nitrogens with zero attached hydrogens (tertiary/aromatic N) is 2. The second kappa shape index (κ2) is 11.6. The average molecular weight is 567 g/mol. The standard InChI is InChI=1S/C30H38N4O5S/c1-20-14-15-28(38-4)26(16-20)32-30(35)39-23-17-21-8-5-9-22(18-23)34(21)19-31-40(36,37)29-13-7-10-24-25(29)11-6-12-27(24)33(2)3/h6-7,10-16,21-23,31H,5,8-9,17-19H2,1-4H3,(H,32,35). The van der Waals surface area contributed by atoms with E-state index in [4.69, 9.17) is 9.47 Å². The van der Waals surface area contributed by atoms with Gasteiger partial charge in [0.2, 0.25) is 10.0 Å². The molecule has 2 heterocycles. The van der Waals surface area contributed by atoms with Crippen LogP contribution in [0.3, 0.4) is 0 Å². The molecule has 40 heavy (non-hydrogen) atoms. The number of amides is 1. The van der Waals surface area contributed by atoms with Crippen molar-refractivity contribution in [2.24, 2.45) is 0 Å². The van der Waals surface area contributed by atoms with E-state index in [1.165, 1.54) is 0 Å². The molecular weight excluding hydrogens is 528 g/mol. The molecule has 2 N–H and O–H groups in total. The SMILES string of the molecule is COc1ccc(C)cc1NC(=O)OC1CC2CCCC(C1)N2CNS(=O)(=O)c1cccc2c(N(C)C)cccc12. The van der Waals surface area contributed by atoms with E-state index in [9.17, 15) is 13.2 Å². The Balaban J connectivity index is 1.25. The van der Waals surface area contributed by atoms with Crippen molar-refractivity contribution in [3.05, 3.63) is 60.2 Å². The summed E-state index contributed by atoms with van der Waals surface area (Å²) in [4.78, 5) is 17.2. The highest BCUT2D eigenvalue weighted by Crippen LogP contribution is 2.36. The predicted octanol–water partition coefficient (Wildman–Crippen LogP) is 5.09. The van der Waals surface area contributed by atoms with Crippen LogP contribution in [-0.4, -0.2) is 65.5 Å². The molecular formula is C30H38N4O5S. The molecule has 0 saturated carbocycles. The molecule has 1 amide bonds. The maximum Gasteiger partial charge on any atom is 0.412 e. The van der Waals surface area contributed by atoms with Crippen LogP contribution in [0.4, 0.5) is 16.2 Å². The molecule has 2 aliphatic rings. The first-order valence-corrected chi connectivity index (χ1v) is 15.2. The summed E-state index contributed by atoms with van der Waals surface area (Å²) < 4.78 is 41.1. The minimum atomic E-state index is -3.75. The topological polar surface area (TPSA) is 100 Å². The first kappa shape index (κ1) is 28.2. The normalized spacial score (nSPS) is 21.1. The summed E-state index contributed by atoms with van der Waals surface area (Å²) in [6.07, 6.45) is 3.54. The number of methoxy groups -OCH3 is 1. The summed E-state index contributed by atoms with van der Waals surface area (Å²) >= 11 is 0. The number of rotatable bonds is 8. The van der Waals surface area contributed by atoms with Crippen molar-refractivity contribution < 1.29 is 22.7 Å². The number of ether oxygens (including phenoxy) is 2. The molecule has 2 saturated heterocycles. The lowest BCUT2D eigenvalue weighted by atomic mass is 9.83. The first-order valence-electron chi connectivity index (χ1n) is 13.7.